The molecule has 0 saturated heterocycles. The maximum absolute atomic E-state index is 8.62. The summed E-state index contributed by atoms with van der Waals surface area (Å²) in [7, 11) is 0. The van der Waals surface area contributed by atoms with Crippen LogP contribution in [0.15, 0.2) is 37.1 Å². The van der Waals surface area contributed by atoms with E-state index in [2.05, 4.69) is 6.58 Å². The van der Waals surface area contributed by atoms with E-state index in [1.165, 1.54) is 4.57 Å². The number of nitriles is 1. The number of allylic oxidation sites excluding steroid dienone is 1. The molecule has 0 N–H and O–H groups in total. The number of pyridine rings is 1. The second-order valence-corrected chi connectivity index (χ2v) is 2.15. The fourth-order valence-electron chi connectivity index (χ4n) is 0.890. The Morgan fingerprint density at radius 3 is 3.09 bits per heavy atom. The van der Waals surface area contributed by atoms with Crippen molar-refractivity contribution in [3.63, 3.8) is 0 Å². The largest absolute Gasteiger partial charge is 0.464 e. The molecule has 0 aliphatic carbocycles. The predicted molar refractivity (Wildman–Crippen MR) is 41.5 cm³/mol. The summed E-state index contributed by atoms with van der Waals surface area (Å²) in [4.78, 5) is 0. The average molecular weight is 145 g/mol. The molecule has 0 spiro atoms. The maximum Gasteiger partial charge on any atom is 0.464 e. The van der Waals surface area contributed by atoms with Gasteiger partial charge in [-0.05, 0) is 12.1 Å². The van der Waals surface area contributed by atoms with Crippen molar-refractivity contribution in [2.45, 2.75) is 6.42 Å². The first-order valence-corrected chi connectivity index (χ1v) is 3.39. The molecule has 0 radical (unpaired) electrons. The van der Waals surface area contributed by atoms with Gasteiger partial charge in [0.2, 0.25) is 0 Å². The summed E-state index contributed by atoms with van der Waals surface area (Å²) in [5.74, 6) is 0. The summed E-state index contributed by atoms with van der Waals surface area (Å²) in [6.45, 7) is 3.61. The van der Waals surface area contributed by atoms with Crippen LogP contribution in [0, 0.1) is 11.5 Å². The third-order valence-electron chi connectivity index (χ3n) is 1.41. The van der Waals surface area contributed by atoms with Crippen molar-refractivity contribution in [3.05, 3.63) is 42.7 Å². The lowest BCUT2D eigenvalue weighted by Crippen LogP contribution is -2.32. The van der Waals surface area contributed by atoms with Gasteiger partial charge in [-0.25, -0.2) is 0 Å². The minimum atomic E-state index is 0.731. The molecule has 11 heavy (non-hydrogen) atoms. The molecule has 0 bridgehead atoms. The summed E-state index contributed by atoms with van der Waals surface area (Å²) in [6.07, 6.45) is 6.30. The van der Waals surface area contributed by atoms with Gasteiger partial charge >= 0.3 is 6.19 Å². The van der Waals surface area contributed by atoms with Gasteiger partial charge in [0.05, 0.1) is 0 Å². The first-order chi connectivity index (χ1) is 5.38. The van der Waals surface area contributed by atoms with Crippen LogP contribution in [0.25, 0.3) is 0 Å². The van der Waals surface area contributed by atoms with Crippen molar-refractivity contribution < 1.29 is 4.57 Å². The second kappa shape index (κ2) is 3.52. The van der Waals surface area contributed by atoms with Crippen molar-refractivity contribution in [1.82, 2.24) is 0 Å². The standard InChI is InChI=1S/C9H9N2/c1-2-5-9-6-3-4-7-11(9)8-10/h2-4,6-7H,1,5H2/q+1. The van der Waals surface area contributed by atoms with Crippen LogP contribution in [0.5, 0.6) is 0 Å². The lowest BCUT2D eigenvalue weighted by atomic mass is 10.2. The van der Waals surface area contributed by atoms with E-state index in [1.807, 2.05) is 24.4 Å². The summed E-state index contributed by atoms with van der Waals surface area (Å²) in [6, 6.07) is 5.65. The fraction of sp³-hybridized carbons (Fsp3) is 0.111. The molecule has 0 aliphatic heterocycles. The van der Waals surface area contributed by atoms with E-state index in [0.717, 1.165) is 12.1 Å². The van der Waals surface area contributed by atoms with Crippen molar-refractivity contribution >= 4 is 0 Å². The second-order valence-electron chi connectivity index (χ2n) is 2.15. The van der Waals surface area contributed by atoms with Gasteiger partial charge in [0, 0.05) is 6.42 Å². The van der Waals surface area contributed by atoms with Crippen molar-refractivity contribution in [1.29, 1.82) is 5.26 Å². The highest BCUT2D eigenvalue weighted by Crippen LogP contribution is 1.91. The van der Waals surface area contributed by atoms with Crippen LogP contribution in [0.1, 0.15) is 5.69 Å². The highest BCUT2D eigenvalue weighted by molar-refractivity contribution is 5.01. The number of hydrogen-bond donors (Lipinski definition) is 0. The third kappa shape index (κ3) is 1.65. The molecule has 0 saturated carbocycles. The summed E-state index contributed by atoms with van der Waals surface area (Å²) >= 11 is 0. The molecule has 0 atom stereocenters. The van der Waals surface area contributed by atoms with Gasteiger partial charge in [-0.15, -0.1) is 11.1 Å². The molecule has 1 aromatic rings. The van der Waals surface area contributed by atoms with Gasteiger partial charge in [-0.2, -0.15) is 0 Å². The number of nitrogens with zero attached hydrogens (tertiary/aromatic N) is 2. The monoisotopic (exact) mass is 145 g/mol. The molecular weight excluding hydrogens is 136 g/mol. The molecule has 2 nitrogen and oxygen atoms in total. The lowest BCUT2D eigenvalue weighted by molar-refractivity contribution is -0.594. The van der Waals surface area contributed by atoms with E-state index >= 15 is 0 Å². The number of aromatic nitrogens is 1. The van der Waals surface area contributed by atoms with Gasteiger partial charge in [-0.3, -0.25) is 0 Å². The zero-order valence-electron chi connectivity index (χ0n) is 6.20. The zero-order chi connectivity index (χ0) is 8.10. The fourth-order valence-corrected chi connectivity index (χ4v) is 0.890. The van der Waals surface area contributed by atoms with E-state index in [-0.39, 0.29) is 0 Å². The Labute approximate surface area is 66.0 Å². The Hall–Kier alpha value is -1.62. The van der Waals surface area contributed by atoms with E-state index < -0.39 is 0 Å². The quantitative estimate of drug-likeness (QED) is 0.451. The Morgan fingerprint density at radius 2 is 2.45 bits per heavy atom. The number of rotatable bonds is 2. The molecule has 1 aromatic heterocycles. The topological polar surface area (TPSA) is 27.7 Å². The Bertz CT molecular complexity index is 297. The Morgan fingerprint density at radius 1 is 1.64 bits per heavy atom. The van der Waals surface area contributed by atoms with Gasteiger partial charge in [0.15, 0.2) is 5.26 Å². The minimum absolute atomic E-state index is 0.731. The molecule has 1 heterocycles. The normalized spacial score (nSPS) is 8.64. The minimum Gasteiger partial charge on any atom is -0.146 e. The molecule has 0 fully saturated rings. The maximum atomic E-state index is 8.62. The lowest BCUT2D eigenvalue weighted by Gasteiger charge is -1.93. The molecule has 1 rings (SSSR count). The summed E-state index contributed by atoms with van der Waals surface area (Å²) < 4.78 is 1.53. The molecule has 2 heteroatoms. The van der Waals surface area contributed by atoms with Crippen LogP contribution >= 0.6 is 0 Å². The van der Waals surface area contributed by atoms with E-state index in [4.69, 9.17) is 5.26 Å². The van der Waals surface area contributed by atoms with Crippen molar-refractivity contribution in [2.75, 3.05) is 0 Å². The number of hydrogen-bond acceptors (Lipinski definition) is 1. The Kier molecular flexibility index (Phi) is 2.40. The smallest absolute Gasteiger partial charge is 0.146 e. The first-order valence-electron chi connectivity index (χ1n) is 3.39. The van der Waals surface area contributed by atoms with Crippen LogP contribution in [0.4, 0.5) is 0 Å². The van der Waals surface area contributed by atoms with Gasteiger partial charge in [0.1, 0.15) is 11.9 Å². The van der Waals surface area contributed by atoms with E-state index in [1.54, 1.807) is 12.3 Å². The van der Waals surface area contributed by atoms with Crippen LogP contribution in [0.2, 0.25) is 0 Å². The van der Waals surface area contributed by atoms with E-state index in [9.17, 15) is 0 Å². The Balaban J connectivity index is 3.04. The summed E-state index contributed by atoms with van der Waals surface area (Å²) in [5, 5.41) is 8.62. The van der Waals surface area contributed by atoms with Crippen LogP contribution in [0.3, 0.4) is 0 Å². The van der Waals surface area contributed by atoms with Crippen LogP contribution < -0.4 is 4.57 Å². The van der Waals surface area contributed by atoms with Gasteiger partial charge in [0.25, 0.3) is 0 Å². The average Bonchev–Trinajstić information content (AvgIpc) is 2.06. The highest BCUT2D eigenvalue weighted by Gasteiger charge is 2.01. The van der Waals surface area contributed by atoms with E-state index in [0.29, 0.717) is 0 Å². The molecular formula is C9H9N2+. The highest BCUT2D eigenvalue weighted by atomic mass is 14.9. The van der Waals surface area contributed by atoms with Crippen LogP contribution in [-0.2, 0) is 6.42 Å². The van der Waals surface area contributed by atoms with Gasteiger partial charge in [-0.1, -0.05) is 12.1 Å². The van der Waals surface area contributed by atoms with Gasteiger partial charge < -0.3 is 0 Å². The molecule has 54 valence electrons. The third-order valence-corrected chi connectivity index (χ3v) is 1.41. The predicted octanol–water partition coefficient (Wildman–Crippen LogP) is 1.03. The van der Waals surface area contributed by atoms with Crippen LogP contribution in [-0.4, -0.2) is 0 Å². The van der Waals surface area contributed by atoms with Crippen molar-refractivity contribution in [2.24, 2.45) is 0 Å². The SMILES string of the molecule is C=CCc1cccc[n+]1C#N. The first kappa shape index (κ1) is 7.49. The molecule has 0 amide bonds. The molecule has 0 aromatic carbocycles. The summed E-state index contributed by atoms with van der Waals surface area (Å²) in [5.41, 5.74) is 0.963. The molecule has 0 unspecified atom stereocenters. The zero-order valence-corrected chi connectivity index (χ0v) is 6.20. The van der Waals surface area contributed by atoms with Crippen molar-refractivity contribution in [3.8, 4) is 6.19 Å². The molecule has 0 aliphatic rings.